The fourth-order valence-electron chi connectivity index (χ4n) is 3.47. The van der Waals surface area contributed by atoms with Crippen LogP contribution in [0, 0.1) is 3.82 Å². The Balaban J connectivity index is 1.25. The molecule has 0 saturated heterocycles. The van der Waals surface area contributed by atoms with Gasteiger partial charge in [-0.15, -0.1) is 0 Å². The summed E-state index contributed by atoms with van der Waals surface area (Å²) in [4.78, 5) is 12.3. The fourth-order valence-corrected chi connectivity index (χ4v) is 5.87. The molecule has 0 atom stereocenters. The van der Waals surface area contributed by atoms with Gasteiger partial charge >= 0.3 is 5.97 Å². The third-order valence-electron chi connectivity index (χ3n) is 5.44. The van der Waals surface area contributed by atoms with Gasteiger partial charge in [0, 0.05) is 4.88 Å². The highest BCUT2D eigenvalue weighted by Crippen LogP contribution is 2.31. The molecule has 3 rings (SSSR count). The molecule has 0 saturated carbocycles. The van der Waals surface area contributed by atoms with Crippen LogP contribution in [0.4, 0.5) is 0 Å². The van der Waals surface area contributed by atoms with Crippen molar-refractivity contribution in [3.05, 3.63) is 64.5 Å². The molecular formula is C27H30O5S3. The van der Waals surface area contributed by atoms with Crippen molar-refractivity contribution in [3.63, 3.8) is 0 Å². The summed E-state index contributed by atoms with van der Waals surface area (Å²) in [6, 6.07) is 15.3. The minimum Gasteiger partial charge on any atom is -0.494 e. The van der Waals surface area contributed by atoms with Crippen LogP contribution in [-0.4, -0.2) is 31.4 Å². The summed E-state index contributed by atoms with van der Waals surface area (Å²) in [7, 11) is 4.87. The Morgan fingerprint density at radius 1 is 0.886 bits per heavy atom. The minimum atomic E-state index is -1.05. The molecule has 3 aromatic rings. The summed E-state index contributed by atoms with van der Waals surface area (Å²) < 4.78 is 18.0. The van der Waals surface area contributed by atoms with E-state index in [0.717, 1.165) is 48.3 Å². The third-order valence-corrected chi connectivity index (χ3v) is 8.35. The Morgan fingerprint density at radius 2 is 1.54 bits per heavy atom. The smallest absolute Gasteiger partial charge is 0.335 e. The molecule has 1 N–H and O–H groups in total. The summed E-state index contributed by atoms with van der Waals surface area (Å²) >= 11 is 5.20. The van der Waals surface area contributed by atoms with Gasteiger partial charge < -0.3 is 19.3 Å². The predicted molar refractivity (Wildman–Crippen MR) is 147 cm³/mol. The summed E-state index contributed by atoms with van der Waals surface area (Å²) in [5, 5.41) is 9.08. The number of carbonyl (C=O) groups is 1. The lowest BCUT2D eigenvalue weighted by Crippen LogP contribution is -2.02. The molecule has 35 heavy (non-hydrogen) atoms. The first kappa shape index (κ1) is 26.9. The number of carboxylic acids is 1. The maximum Gasteiger partial charge on any atom is 0.335 e. The Hall–Kier alpha value is -2.68. The van der Waals surface area contributed by atoms with E-state index in [1.165, 1.54) is 24.0 Å². The largest absolute Gasteiger partial charge is 0.494 e. The molecule has 8 heteroatoms. The highest BCUT2D eigenvalue weighted by atomic mass is 32.9. The molecule has 0 aliphatic carbocycles. The van der Waals surface area contributed by atoms with E-state index in [1.807, 2.05) is 18.2 Å². The number of benzene rings is 2. The maximum absolute atomic E-state index is 11.1. The lowest BCUT2D eigenvalue weighted by atomic mass is 10.1. The van der Waals surface area contributed by atoms with E-state index in [9.17, 15) is 4.79 Å². The lowest BCUT2D eigenvalue weighted by Gasteiger charge is -2.12. The van der Waals surface area contributed by atoms with Gasteiger partial charge in [0.05, 0.1) is 25.9 Å². The quantitative estimate of drug-likeness (QED) is 0.0926. The number of hydrogen-bond donors (Lipinski definition) is 1. The lowest BCUT2D eigenvalue weighted by molar-refractivity contribution is -0.130. The van der Waals surface area contributed by atoms with E-state index >= 15 is 0 Å². The molecule has 186 valence electrons. The van der Waals surface area contributed by atoms with Crippen LogP contribution in [0.1, 0.15) is 44.1 Å². The van der Waals surface area contributed by atoms with E-state index in [4.69, 9.17) is 31.5 Å². The second kappa shape index (κ2) is 14.0. The van der Waals surface area contributed by atoms with Crippen molar-refractivity contribution in [1.82, 2.24) is 0 Å². The third kappa shape index (κ3) is 8.49. The van der Waals surface area contributed by atoms with Crippen LogP contribution < -0.4 is 14.2 Å². The molecule has 5 nitrogen and oxygen atoms in total. The predicted octanol–water partition coefficient (Wildman–Crippen LogP) is 8.11. The van der Waals surface area contributed by atoms with Gasteiger partial charge in [-0.1, -0.05) is 71.2 Å². The zero-order chi connectivity index (χ0) is 25.0. The Morgan fingerprint density at radius 3 is 2.14 bits per heavy atom. The van der Waals surface area contributed by atoms with Crippen LogP contribution in [0.3, 0.4) is 0 Å². The maximum atomic E-state index is 11.1. The second-order valence-electron chi connectivity index (χ2n) is 7.99. The van der Waals surface area contributed by atoms with E-state index in [-0.39, 0.29) is 5.57 Å². The number of aliphatic carboxylic acids is 1. The van der Waals surface area contributed by atoms with Crippen LogP contribution in [-0.2, 0) is 4.79 Å². The van der Waals surface area contributed by atoms with Gasteiger partial charge in [-0.3, -0.25) is 0 Å². The summed E-state index contributed by atoms with van der Waals surface area (Å²) in [5.74, 6) is 0.973. The van der Waals surface area contributed by atoms with Crippen molar-refractivity contribution in [3.8, 4) is 27.7 Å². The average Bonchev–Trinajstić information content (AvgIpc) is 3.31. The van der Waals surface area contributed by atoms with Crippen molar-refractivity contribution in [2.24, 2.45) is 0 Å². The van der Waals surface area contributed by atoms with Gasteiger partial charge in [-0.05, 0) is 66.4 Å². The van der Waals surface area contributed by atoms with E-state index < -0.39 is 5.97 Å². The van der Waals surface area contributed by atoms with Crippen LogP contribution in [0.15, 0.2) is 55.1 Å². The van der Waals surface area contributed by atoms with Gasteiger partial charge in [0.2, 0.25) is 0 Å². The van der Waals surface area contributed by atoms with Crippen LogP contribution in [0.5, 0.6) is 17.2 Å². The van der Waals surface area contributed by atoms with E-state index in [1.54, 1.807) is 38.9 Å². The zero-order valence-electron chi connectivity index (χ0n) is 19.8. The molecule has 0 spiro atoms. The molecule has 0 fully saturated rings. The molecule has 2 aromatic carbocycles. The molecule has 1 aromatic heterocycles. The molecule has 0 amide bonds. The molecule has 0 radical (unpaired) electrons. The average molecular weight is 531 g/mol. The van der Waals surface area contributed by atoms with Crippen LogP contribution in [0.25, 0.3) is 16.0 Å². The van der Waals surface area contributed by atoms with Gasteiger partial charge in [0.1, 0.15) is 9.57 Å². The number of rotatable bonds is 15. The van der Waals surface area contributed by atoms with Crippen LogP contribution >= 0.6 is 32.9 Å². The van der Waals surface area contributed by atoms with Gasteiger partial charge in [-0.2, -0.15) is 0 Å². The Bertz CT molecular complexity index is 1160. The van der Waals surface area contributed by atoms with Crippen molar-refractivity contribution >= 4 is 44.4 Å². The zero-order valence-corrected chi connectivity index (χ0v) is 22.2. The first-order valence-corrected chi connectivity index (χ1v) is 14.1. The normalized spacial score (nSPS) is 10.7. The number of methoxy groups -OCH3 is 1. The van der Waals surface area contributed by atoms with Crippen molar-refractivity contribution in [1.29, 1.82) is 0 Å². The van der Waals surface area contributed by atoms with E-state index in [0.29, 0.717) is 23.7 Å². The SMILES string of the molecule is C=C(C(=O)O)c1ccc(OCCCCCCCCOc2ccc(-c3cc(=S)ss3)cc2)c(OC)c1. The standard InChI is InChI=1S/C27H30O5S3/c1-19(27(28)29)21-11-14-23(24(17-21)30-2)32-16-8-6-4-3-5-7-15-31-22-12-9-20(10-13-22)25-18-26(33)35-34-25/h9-14,17-18H,1,3-8,15-16H2,2H3,(H,28,29). The highest BCUT2D eigenvalue weighted by Gasteiger charge is 2.12. The van der Waals surface area contributed by atoms with Crippen molar-refractivity contribution in [2.45, 2.75) is 38.5 Å². The first-order chi connectivity index (χ1) is 17.0. The molecule has 0 aliphatic heterocycles. The van der Waals surface area contributed by atoms with Gasteiger partial charge in [-0.25, -0.2) is 4.79 Å². The van der Waals surface area contributed by atoms with E-state index in [2.05, 4.69) is 18.7 Å². The fraction of sp³-hybridized carbons (Fsp3) is 0.333. The summed E-state index contributed by atoms with van der Waals surface area (Å²) in [6.07, 6.45) is 6.54. The summed E-state index contributed by atoms with van der Waals surface area (Å²) in [6.45, 7) is 4.89. The Kier molecular flexibility index (Phi) is 10.8. The monoisotopic (exact) mass is 530 g/mol. The molecular weight excluding hydrogens is 500 g/mol. The molecule has 0 aliphatic rings. The highest BCUT2D eigenvalue weighted by molar-refractivity contribution is 7.80. The number of hydrogen-bond acceptors (Lipinski definition) is 7. The Labute approximate surface area is 219 Å². The molecule has 0 bridgehead atoms. The molecule has 0 unspecified atom stereocenters. The van der Waals surface area contributed by atoms with Crippen LogP contribution in [0.2, 0.25) is 0 Å². The number of carboxylic acid groups (broad SMARTS) is 1. The van der Waals surface area contributed by atoms with Crippen molar-refractivity contribution in [2.75, 3.05) is 20.3 Å². The minimum absolute atomic E-state index is 0.0272. The number of unbranched alkanes of at least 4 members (excludes halogenated alkanes) is 5. The first-order valence-electron chi connectivity index (χ1n) is 11.5. The van der Waals surface area contributed by atoms with Gasteiger partial charge in [0.25, 0.3) is 0 Å². The summed E-state index contributed by atoms with van der Waals surface area (Å²) in [5.41, 5.74) is 1.71. The topological polar surface area (TPSA) is 65.0 Å². The molecule has 1 heterocycles. The second-order valence-corrected chi connectivity index (χ2v) is 10.9. The number of ether oxygens (including phenoxy) is 3. The van der Waals surface area contributed by atoms with Crippen molar-refractivity contribution < 1.29 is 24.1 Å². The van der Waals surface area contributed by atoms with Gasteiger partial charge in [0.15, 0.2) is 11.5 Å².